The van der Waals surface area contributed by atoms with E-state index >= 15 is 0 Å². The number of carbonyl (C=O) groups is 2. The second-order valence-corrected chi connectivity index (χ2v) is 4.32. The molecule has 0 fully saturated rings. The van der Waals surface area contributed by atoms with Gasteiger partial charge in [-0.3, -0.25) is 9.59 Å². The molecule has 88 valence electrons. The van der Waals surface area contributed by atoms with E-state index in [0.717, 1.165) is 12.8 Å². The van der Waals surface area contributed by atoms with Crippen molar-refractivity contribution in [1.29, 1.82) is 0 Å². The van der Waals surface area contributed by atoms with Crippen LogP contribution in [0.2, 0.25) is 0 Å². The number of rotatable bonds is 7. The van der Waals surface area contributed by atoms with E-state index in [1.165, 1.54) is 6.92 Å². The van der Waals surface area contributed by atoms with Gasteiger partial charge in [-0.15, -0.1) is 0 Å². The third kappa shape index (κ3) is 4.32. The minimum Gasteiger partial charge on any atom is -0.481 e. The average molecular weight is 216 g/mol. The minimum atomic E-state index is -1.14. The molecular weight excluding hydrogens is 196 g/mol. The Morgan fingerprint density at radius 2 is 1.67 bits per heavy atom. The Kier molecular flexibility index (Phi) is 5.33. The molecule has 0 aromatic carbocycles. The van der Waals surface area contributed by atoms with Gasteiger partial charge in [0.05, 0.1) is 11.8 Å². The van der Waals surface area contributed by atoms with Crippen LogP contribution in [0.1, 0.15) is 46.5 Å². The van der Waals surface area contributed by atoms with Gasteiger partial charge in [-0.25, -0.2) is 0 Å². The van der Waals surface area contributed by atoms with Crippen LogP contribution in [-0.2, 0) is 9.59 Å². The van der Waals surface area contributed by atoms with E-state index in [1.807, 2.05) is 13.8 Å². The second kappa shape index (κ2) is 5.73. The Bertz CT molecular complexity index is 233. The summed E-state index contributed by atoms with van der Waals surface area (Å²) < 4.78 is 0. The lowest BCUT2D eigenvalue weighted by Crippen LogP contribution is -2.32. The summed E-state index contributed by atoms with van der Waals surface area (Å²) in [7, 11) is 0. The van der Waals surface area contributed by atoms with Crippen molar-refractivity contribution in [2.45, 2.75) is 46.5 Å². The van der Waals surface area contributed by atoms with E-state index in [-0.39, 0.29) is 12.3 Å². The lowest BCUT2D eigenvalue weighted by Gasteiger charge is -2.27. The Morgan fingerprint density at radius 1 is 1.20 bits per heavy atom. The molecule has 0 heterocycles. The maximum Gasteiger partial charge on any atom is 0.309 e. The molecule has 0 spiro atoms. The summed E-state index contributed by atoms with van der Waals surface area (Å²) >= 11 is 0. The molecule has 4 nitrogen and oxygen atoms in total. The highest BCUT2D eigenvalue weighted by atomic mass is 16.4. The van der Waals surface area contributed by atoms with Crippen LogP contribution in [0.3, 0.4) is 0 Å². The molecule has 0 amide bonds. The first kappa shape index (κ1) is 13.9. The molecule has 4 heteroatoms. The van der Waals surface area contributed by atoms with Gasteiger partial charge in [-0.1, -0.05) is 26.7 Å². The van der Waals surface area contributed by atoms with E-state index in [0.29, 0.717) is 6.42 Å². The van der Waals surface area contributed by atoms with E-state index in [9.17, 15) is 9.59 Å². The molecule has 0 aliphatic carbocycles. The fourth-order valence-electron chi connectivity index (χ4n) is 1.78. The molecule has 0 aromatic rings. The monoisotopic (exact) mass is 216 g/mol. The first-order valence-corrected chi connectivity index (χ1v) is 5.31. The summed E-state index contributed by atoms with van der Waals surface area (Å²) in [5.41, 5.74) is -1.14. The number of hydrogen-bond acceptors (Lipinski definition) is 2. The zero-order valence-electron chi connectivity index (χ0n) is 9.62. The van der Waals surface area contributed by atoms with Crippen LogP contribution < -0.4 is 0 Å². The highest BCUT2D eigenvalue weighted by Crippen LogP contribution is 2.33. The van der Waals surface area contributed by atoms with Gasteiger partial charge in [0.15, 0.2) is 0 Å². The maximum absolute atomic E-state index is 11.1. The van der Waals surface area contributed by atoms with Gasteiger partial charge in [-0.2, -0.15) is 0 Å². The van der Waals surface area contributed by atoms with Crippen LogP contribution >= 0.6 is 0 Å². The molecule has 0 rings (SSSR count). The fraction of sp³-hybridized carbons (Fsp3) is 0.818. The third-order valence-electron chi connectivity index (χ3n) is 2.95. The van der Waals surface area contributed by atoms with Crippen LogP contribution in [0.5, 0.6) is 0 Å². The normalized spacial score (nSPS) is 14.9. The van der Waals surface area contributed by atoms with Crippen LogP contribution in [0.15, 0.2) is 0 Å². The van der Waals surface area contributed by atoms with Gasteiger partial charge in [-0.05, 0) is 19.3 Å². The number of carboxylic acids is 2. The van der Waals surface area contributed by atoms with Crippen molar-refractivity contribution < 1.29 is 19.8 Å². The summed E-state index contributed by atoms with van der Waals surface area (Å²) in [6, 6.07) is 0. The van der Waals surface area contributed by atoms with Gasteiger partial charge < -0.3 is 10.2 Å². The summed E-state index contributed by atoms with van der Waals surface area (Å²) in [6.45, 7) is 5.51. The fourth-order valence-corrected chi connectivity index (χ4v) is 1.78. The quantitative estimate of drug-likeness (QED) is 0.685. The molecule has 0 aliphatic heterocycles. The number of hydrogen-bond donors (Lipinski definition) is 2. The van der Waals surface area contributed by atoms with Crippen molar-refractivity contribution in [3.63, 3.8) is 0 Å². The zero-order valence-corrected chi connectivity index (χ0v) is 9.62. The Labute approximate surface area is 90.3 Å². The molecule has 1 unspecified atom stereocenters. The Morgan fingerprint density at radius 3 is 1.93 bits per heavy atom. The summed E-state index contributed by atoms with van der Waals surface area (Å²) in [5.74, 6) is -1.78. The van der Waals surface area contributed by atoms with Crippen molar-refractivity contribution in [1.82, 2.24) is 0 Å². The predicted molar refractivity (Wildman–Crippen MR) is 56.7 cm³/mol. The summed E-state index contributed by atoms with van der Waals surface area (Å²) in [6.07, 6.45) is 1.90. The zero-order chi connectivity index (χ0) is 12.1. The minimum absolute atomic E-state index is 0.283. The topological polar surface area (TPSA) is 74.6 Å². The van der Waals surface area contributed by atoms with Crippen LogP contribution in [-0.4, -0.2) is 22.2 Å². The van der Waals surface area contributed by atoms with Crippen molar-refractivity contribution >= 4 is 11.9 Å². The van der Waals surface area contributed by atoms with Crippen LogP contribution in [0.4, 0.5) is 0 Å². The van der Waals surface area contributed by atoms with Crippen LogP contribution in [0, 0.1) is 11.3 Å². The lowest BCUT2D eigenvalue weighted by atomic mass is 9.77. The maximum atomic E-state index is 11.1. The molecule has 1 atom stereocenters. The van der Waals surface area contributed by atoms with E-state index in [2.05, 4.69) is 0 Å². The molecule has 15 heavy (non-hydrogen) atoms. The smallest absolute Gasteiger partial charge is 0.309 e. The lowest BCUT2D eigenvalue weighted by molar-refractivity contribution is -0.155. The first-order valence-electron chi connectivity index (χ1n) is 5.31. The Balaban J connectivity index is 4.64. The highest BCUT2D eigenvalue weighted by molar-refractivity contribution is 5.81. The van der Waals surface area contributed by atoms with Crippen molar-refractivity contribution in [3.05, 3.63) is 0 Å². The number of aliphatic carboxylic acids is 2. The van der Waals surface area contributed by atoms with Gasteiger partial charge in [0, 0.05) is 0 Å². The van der Waals surface area contributed by atoms with Gasteiger partial charge in [0.1, 0.15) is 0 Å². The third-order valence-corrected chi connectivity index (χ3v) is 2.95. The van der Waals surface area contributed by atoms with Crippen LogP contribution in [0.25, 0.3) is 0 Å². The molecule has 2 N–H and O–H groups in total. The van der Waals surface area contributed by atoms with Crippen molar-refractivity contribution in [2.24, 2.45) is 11.3 Å². The summed E-state index contributed by atoms with van der Waals surface area (Å²) in [5, 5.41) is 17.8. The van der Waals surface area contributed by atoms with Crippen molar-refractivity contribution in [2.75, 3.05) is 0 Å². The molecule has 0 saturated carbocycles. The van der Waals surface area contributed by atoms with Gasteiger partial charge in [0.25, 0.3) is 0 Å². The molecular formula is C11H20O4. The predicted octanol–water partition coefficient (Wildman–Crippen LogP) is 2.38. The molecule has 0 aliphatic rings. The van der Waals surface area contributed by atoms with E-state index < -0.39 is 17.4 Å². The van der Waals surface area contributed by atoms with Crippen molar-refractivity contribution in [3.8, 4) is 0 Å². The average Bonchev–Trinajstić information content (AvgIpc) is 2.12. The summed E-state index contributed by atoms with van der Waals surface area (Å²) in [4.78, 5) is 21.7. The first-order chi connectivity index (χ1) is 6.85. The molecule has 0 radical (unpaired) electrons. The highest BCUT2D eigenvalue weighted by Gasteiger charge is 2.37. The number of carboxylic acid groups (broad SMARTS) is 2. The SMILES string of the molecule is CCC(CC)CC(C)(CC(=O)O)C(=O)O. The largest absolute Gasteiger partial charge is 0.481 e. The molecule has 0 bridgehead atoms. The van der Waals surface area contributed by atoms with E-state index in [4.69, 9.17) is 10.2 Å². The molecule has 0 saturated heterocycles. The standard InChI is InChI=1S/C11H20O4/c1-4-8(5-2)6-11(3,10(14)15)7-9(12)13/h8H,4-7H2,1-3H3,(H,12,13)(H,14,15). The van der Waals surface area contributed by atoms with E-state index in [1.54, 1.807) is 0 Å². The Hall–Kier alpha value is -1.06. The van der Waals surface area contributed by atoms with Gasteiger partial charge >= 0.3 is 11.9 Å². The molecule has 0 aromatic heterocycles. The second-order valence-electron chi connectivity index (χ2n) is 4.32. The van der Waals surface area contributed by atoms with Gasteiger partial charge in [0.2, 0.25) is 0 Å².